The molecule has 0 aliphatic heterocycles. The quantitative estimate of drug-likeness (QED) is 0.822. The normalized spacial score (nSPS) is 9.74. The van der Waals surface area contributed by atoms with Crippen LogP contribution < -0.4 is 15.4 Å². The zero-order valence-electron chi connectivity index (χ0n) is 13.0. The smallest absolute Gasteiger partial charge is 0.226 e. The second-order valence-corrected chi connectivity index (χ2v) is 4.81. The van der Waals surface area contributed by atoms with Crippen LogP contribution in [0.2, 0.25) is 0 Å². The molecule has 0 aliphatic rings. The lowest BCUT2D eigenvalue weighted by atomic mass is 10.2. The van der Waals surface area contributed by atoms with Crippen molar-refractivity contribution in [3.8, 4) is 11.8 Å². The maximum Gasteiger partial charge on any atom is 0.226 e. The number of nitriles is 1. The lowest BCUT2D eigenvalue weighted by Crippen LogP contribution is -2.17. The van der Waals surface area contributed by atoms with Crippen molar-refractivity contribution in [2.75, 3.05) is 23.8 Å². The minimum Gasteiger partial charge on any atom is -0.492 e. The Hall–Kier alpha value is -3.00. The van der Waals surface area contributed by atoms with E-state index >= 15 is 0 Å². The molecule has 23 heavy (non-hydrogen) atoms. The third kappa shape index (κ3) is 4.75. The number of amides is 1. The van der Waals surface area contributed by atoms with Crippen LogP contribution in [0.5, 0.6) is 5.75 Å². The third-order valence-electron chi connectivity index (χ3n) is 3.18. The molecule has 0 spiro atoms. The summed E-state index contributed by atoms with van der Waals surface area (Å²) in [6, 6.07) is 16.6. The summed E-state index contributed by atoms with van der Waals surface area (Å²) in [5.41, 5.74) is 1.85. The van der Waals surface area contributed by atoms with E-state index in [9.17, 15) is 4.79 Å². The zero-order valence-corrected chi connectivity index (χ0v) is 13.0. The largest absolute Gasteiger partial charge is 0.492 e. The lowest BCUT2D eigenvalue weighted by molar-refractivity contribution is -0.115. The summed E-state index contributed by atoms with van der Waals surface area (Å²) in [7, 11) is 0. The van der Waals surface area contributed by atoms with E-state index in [0.29, 0.717) is 30.8 Å². The summed E-state index contributed by atoms with van der Waals surface area (Å²) in [4.78, 5) is 12.0. The van der Waals surface area contributed by atoms with Gasteiger partial charge in [0.2, 0.25) is 5.91 Å². The number of hydrogen-bond donors (Lipinski definition) is 2. The molecule has 0 aromatic heterocycles. The van der Waals surface area contributed by atoms with Gasteiger partial charge in [0.05, 0.1) is 23.5 Å². The summed E-state index contributed by atoms with van der Waals surface area (Å²) in [6.45, 7) is 2.99. The summed E-state index contributed by atoms with van der Waals surface area (Å²) in [6.07, 6.45) is 0.292. The van der Waals surface area contributed by atoms with Crippen molar-refractivity contribution in [2.45, 2.75) is 13.3 Å². The average molecular weight is 309 g/mol. The molecule has 0 atom stereocenters. The fourth-order valence-corrected chi connectivity index (χ4v) is 2.11. The summed E-state index contributed by atoms with van der Waals surface area (Å²) >= 11 is 0. The van der Waals surface area contributed by atoms with E-state index in [-0.39, 0.29) is 5.91 Å². The molecule has 2 N–H and O–H groups in total. The van der Waals surface area contributed by atoms with Gasteiger partial charge in [0, 0.05) is 13.0 Å². The highest BCUT2D eigenvalue weighted by atomic mass is 16.5. The molecule has 0 unspecified atom stereocenters. The number of ether oxygens (including phenoxy) is 1. The molecule has 1 amide bonds. The summed E-state index contributed by atoms with van der Waals surface area (Å²) in [5, 5.41) is 15.0. The number of anilines is 2. The van der Waals surface area contributed by atoms with Crippen molar-refractivity contribution in [1.82, 2.24) is 0 Å². The molecule has 0 saturated carbocycles. The van der Waals surface area contributed by atoms with Crippen LogP contribution in [0.4, 0.5) is 11.4 Å². The number of benzene rings is 2. The van der Waals surface area contributed by atoms with Crippen molar-refractivity contribution in [3.63, 3.8) is 0 Å². The minimum atomic E-state index is -0.144. The molecule has 2 aromatic rings. The number of carbonyl (C=O) groups is 1. The van der Waals surface area contributed by atoms with Gasteiger partial charge in [-0.25, -0.2) is 0 Å². The van der Waals surface area contributed by atoms with Crippen LogP contribution in [-0.4, -0.2) is 19.1 Å². The molecule has 0 fully saturated rings. The Balaban J connectivity index is 1.87. The topological polar surface area (TPSA) is 74.2 Å². The van der Waals surface area contributed by atoms with E-state index in [4.69, 9.17) is 10.00 Å². The Kier molecular flexibility index (Phi) is 6.01. The number of hydrogen-bond acceptors (Lipinski definition) is 4. The van der Waals surface area contributed by atoms with Crippen molar-refractivity contribution in [2.24, 2.45) is 0 Å². The zero-order chi connectivity index (χ0) is 16.5. The first-order chi connectivity index (χ1) is 11.2. The fourth-order valence-electron chi connectivity index (χ4n) is 2.11. The van der Waals surface area contributed by atoms with E-state index in [1.54, 1.807) is 24.3 Å². The van der Waals surface area contributed by atoms with Gasteiger partial charge in [0.15, 0.2) is 0 Å². The van der Waals surface area contributed by atoms with E-state index in [1.807, 2.05) is 31.2 Å². The summed E-state index contributed by atoms with van der Waals surface area (Å²) < 4.78 is 5.52. The molecule has 118 valence electrons. The number of nitrogens with zero attached hydrogens (tertiary/aromatic N) is 1. The van der Waals surface area contributed by atoms with Crippen LogP contribution in [0.15, 0.2) is 48.5 Å². The van der Waals surface area contributed by atoms with Gasteiger partial charge in [-0.15, -0.1) is 0 Å². The first-order valence-electron chi connectivity index (χ1n) is 7.49. The molecule has 0 heterocycles. The maximum atomic E-state index is 12.0. The number of carbonyl (C=O) groups excluding carboxylic acids is 1. The standard InChI is InChI=1S/C18H19N3O2/c1-2-23-17-10-6-5-9-16(17)20-12-11-18(22)21-15-8-4-3-7-14(15)13-19/h3-10,20H,2,11-12H2,1H3,(H,21,22). The maximum absolute atomic E-state index is 12.0. The second kappa shape index (κ2) is 8.44. The number of rotatable bonds is 7. The van der Waals surface area contributed by atoms with Crippen molar-refractivity contribution in [3.05, 3.63) is 54.1 Å². The van der Waals surface area contributed by atoms with E-state index < -0.39 is 0 Å². The van der Waals surface area contributed by atoms with Crippen LogP contribution >= 0.6 is 0 Å². The molecular weight excluding hydrogens is 290 g/mol. The molecule has 0 radical (unpaired) electrons. The van der Waals surface area contributed by atoms with Crippen LogP contribution in [0.3, 0.4) is 0 Å². The highest BCUT2D eigenvalue weighted by molar-refractivity contribution is 5.92. The fraction of sp³-hybridized carbons (Fsp3) is 0.222. The Bertz CT molecular complexity index is 707. The average Bonchev–Trinajstić information content (AvgIpc) is 2.57. The van der Waals surface area contributed by atoms with Crippen LogP contribution in [0.1, 0.15) is 18.9 Å². The van der Waals surface area contributed by atoms with Crippen molar-refractivity contribution < 1.29 is 9.53 Å². The molecule has 0 saturated heterocycles. The van der Waals surface area contributed by atoms with Gasteiger partial charge in [-0.1, -0.05) is 24.3 Å². The predicted molar refractivity (Wildman–Crippen MR) is 90.5 cm³/mol. The Morgan fingerprint density at radius 1 is 1.13 bits per heavy atom. The molecular formula is C18H19N3O2. The number of para-hydroxylation sites is 3. The summed E-state index contributed by atoms with van der Waals surface area (Å²) in [5.74, 6) is 0.624. The Morgan fingerprint density at radius 3 is 2.57 bits per heavy atom. The Morgan fingerprint density at radius 2 is 1.83 bits per heavy atom. The molecule has 0 aliphatic carbocycles. The first kappa shape index (κ1) is 16.4. The van der Waals surface area contributed by atoms with Gasteiger partial charge in [0.25, 0.3) is 0 Å². The van der Waals surface area contributed by atoms with Crippen LogP contribution in [-0.2, 0) is 4.79 Å². The predicted octanol–water partition coefficient (Wildman–Crippen LogP) is 3.40. The molecule has 5 nitrogen and oxygen atoms in total. The third-order valence-corrected chi connectivity index (χ3v) is 3.18. The molecule has 2 aromatic carbocycles. The van der Waals surface area contributed by atoms with Gasteiger partial charge in [-0.05, 0) is 31.2 Å². The monoisotopic (exact) mass is 309 g/mol. The number of nitrogens with one attached hydrogen (secondary N) is 2. The van der Waals surface area contributed by atoms with Crippen LogP contribution in [0, 0.1) is 11.3 Å². The first-order valence-corrected chi connectivity index (χ1v) is 7.49. The second-order valence-electron chi connectivity index (χ2n) is 4.81. The Labute approximate surface area is 135 Å². The highest BCUT2D eigenvalue weighted by Gasteiger charge is 2.07. The minimum absolute atomic E-state index is 0.144. The van der Waals surface area contributed by atoms with Gasteiger partial charge >= 0.3 is 0 Å². The lowest BCUT2D eigenvalue weighted by Gasteiger charge is -2.12. The highest BCUT2D eigenvalue weighted by Crippen LogP contribution is 2.23. The van der Waals surface area contributed by atoms with Crippen LogP contribution in [0.25, 0.3) is 0 Å². The van der Waals surface area contributed by atoms with E-state index in [0.717, 1.165) is 11.4 Å². The molecule has 5 heteroatoms. The van der Waals surface area contributed by atoms with E-state index in [1.165, 1.54) is 0 Å². The SMILES string of the molecule is CCOc1ccccc1NCCC(=O)Nc1ccccc1C#N. The van der Waals surface area contributed by atoms with Crippen molar-refractivity contribution >= 4 is 17.3 Å². The van der Waals surface area contributed by atoms with Gasteiger partial charge in [-0.3, -0.25) is 4.79 Å². The van der Waals surface area contributed by atoms with Gasteiger partial charge < -0.3 is 15.4 Å². The molecule has 2 rings (SSSR count). The van der Waals surface area contributed by atoms with Crippen molar-refractivity contribution in [1.29, 1.82) is 5.26 Å². The van der Waals surface area contributed by atoms with Gasteiger partial charge in [-0.2, -0.15) is 5.26 Å². The molecule has 0 bridgehead atoms. The van der Waals surface area contributed by atoms with Gasteiger partial charge in [0.1, 0.15) is 11.8 Å². The van der Waals surface area contributed by atoms with E-state index in [2.05, 4.69) is 16.7 Å².